The average molecular weight is 512 g/mol. The van der Waals surface area contributed by atoms with Crippen molar-refractivity contribution >= 4 is 50.5 Å². The summed E-state index contributed by atoms with van der Waals surface area (Å²) in [6.45, 7) is 0.508. The van der Waals surface area contributed by atoms with E-state index >= 15 is 0 Å². The highest BCUT2D eigenvalue weighted by atomic mass is 32.1. The number of ether oxygens (including phenoxy) is 1. The van der Waals surface area contributed by atoms with Gasteiger partial charge in [0, 0.05) is 11.5 Å². The van der Waals surface area contributed by atoms with E-state index in [1.807, 2.05) is 0 Å². The summed E-state index contributed by atoms with van der Waals surface area (Å²) >= 11 is 1.95. The second-order valence-corrected chi connectivity index (χ2v) is 8.96. The van der Waals surface area contributed by atoms with E-state index in [1.54, 1.807) is 17.5 Å². The molecule has 1 amide bonds. The minimum absolute atomic E-state index is 0.000472. The van der Waals surface area contributed by atoms with E-state index in [4.69, 9.17) is 4.74 Å². The van der Waals surface area contributed by atoms with Crippen molar-refractivity contribution in [1.82, 2.24) is 4.98 Å². The quantitative estimate of drug-likeness (QED) is 0.247. The highest BCUT2D eigenvalue weighted by molar-refractivity contribution is 7.20. The van der Waals surface area contributed by atoms with Gasteiger partial charge in [-0.05, 0) is 42.1 Å². The van der Waals surface area contributed by atoms with Crippen molar-refractivity contribution in [2.24, 2.45) is 0 Å². The SMILES string of the molecule is Cc1c(C(=O)OCC(=O)Nc2ccc(F)cc2F)sc2nc(-c3cccs3)cc(C(F)(F)F)c12. The van der Waals surface area contributed by atoms with Gasteiger partial charge in [-0.3, -0.25) is 4.79 Å². The summed E-state index contributed by atoms with van der Waals surface area (Å²) in [6.07, 6.45) is -4.70. The van der Waals surface area contributed by atoms with Crippen LogP contribution in [0, 0.1) is 18.6 Å². The van der Waals surface area contributed by atoms with Gasteiger partial charge in [-0.15, -0.1) is 22.7 Å². The number of hydrogen-bond donors (Lipinski definition) is 1. The number of thiophene rings is 2. The molecule has 1 N–H and O–H groups in total. The third-order valence-corrected chi connectivity index (χ3v) is 6.76. The van der Waals surface area contributed by atoms with E-state index < -0.39 is 41.9 Å². The molecule has 12 heteroatoms. The number of alkyl halides is 3. The van der Waals surface area contributed by atoms with Crippen LogP contribution in [0.5, 0.6) is 0 Å². The van der Waals surface area contributed by atoms with Crippen molar-refractivity contribution in [2.75, 3.05) is 11.9 Å². The maximum absolute atomic E-state index is 13.8. The van der Waals surface area contributed by atoms with Gasteiger partial charge in [-0.1, -0.05) is 6.07 Å². The fourth-order valence-corrected chi connectivity index (χ4v) is 4.97. The number of rotatable bonds is 5. The Kier molecular flexibility index (Phi) is 6.36. The van der Waals surface area contributed by atoms with Gasteiger partial charge in [0.25, 0.3) is 5.91 Å². The van der Waals surface area contributed by atoms with Crippen molar-refractivity contribution in [3.8, 4) is 10.6 Å². The first-order valence-corrected chi connectivity index (χ1v) is 11.2. The number of fused-ring (bicyclic) bond motifs is 1. The number of halogens is 5. The minimum atomic E-state index is -4.70. The predicted octanol–water partition coefficient (Wildman–Crippen LogP) is 6.43. The van der Waals surface area contributed by atoms with Crippen molar-refractivity contribution in [3.63, 3.8) is 0 Å². The van der Waals surface area contributed by atoms with Gasteiger partial charge in [0.05, 0.1) is 21.8 Å². The maximum Gasteiger partial charge on any atom is 0.417 e. The van der Waals surface area contributed by atoms with Gasteiger partial charge < -0.3 is 10.1 Å². The van der Waals surface area contributed by atoms with Crippen LogP contribution in [0.15, 0.2) is 41.8 Å². The Morgan fingerprint density at radius 3 is 2.56 bits per heavy atom. The highest BCUT2D eigenvalue weighted by Crippen LogP contribution is 2.42. The molecule has 1 aromatic carbocycles. The fraction of sp³-hybridized carbons (Fsp3) is 0.136. The van der Waals surface area contributed by atoms with E-state index in [9.17, 15) is 31.5 Å². The number of esters is 1. The van der Waals surface area contributed by atoms with Crippen LogP contribution in [0.1, 0.15) is 20.8 Å². The van der Waals surface area contributed by atoms with Gasteiger partial charge in [-0.25, -0.2) is 18.6 Å². The summed E-state index contributed by atoms with van der Waals surface area (Å²) in [5.41, 5.74) is -1.11. The van der Waals surface area contributed by atoms with Gasteiger partial charge in [0.15, 0.2) is 6.61 Å². The van der Waals surface area contributed by atoms with E-state index in [-0.39, 0.29) is 32.0 Å². The molecular weight excluding hydrogens is 499 g/mol. The second-order valence-electron chi connectivity index (χ2n) is 7.01. The van der Waals surface area contributed by atoms with Gasteiger partial charge in [-0.2, -0.15) is 13.2 Å². The molecule has 3 aromatic heterocycles. The number of pyridine rings is 1. The summed E-state index contributed by atoms with van der Waals surface area (Å²) in [6, 6.07) is 6.75. The van der Waals surface area contributed by atoms with Gasteiger partial charge in [0.1, 0.15) is 21.3 Å². The van der Waals surface area contributed by atoms with Crippen LogP contribution in [-0.2, 0) is 15.7 Å². The van der Waals surface area contributed by atoms with Crippen LogP contribution in [0.2, 0.25) is 0 Å². The smallest absolute Gasteiger partial charge is 0.417 e. The van der Waals surface area contributed by atoms with Crippen molar-refractivity contribution in [2.45, 2.75) is 13.1 Å². The summed E-state index contributed by atoms with van der Waals surface area (Å²) in [7, 11) is 0. The molecule has 0 atom stereocenters. The third-order valence-electron chi connectivity index (χ3n) is 4.70. The molecule has 3 heterocycles. The molecule has 0 aliphatic heterocycles. The standard InChI is InChI=1S/C22H13F5N2O3S2/c1-10-18-12(22(25,26)27)8-15(16-3-2-6-33-16)29-20(18)34-19(10)21(31)32-9-17(30)28-14-5-4-11(23)7-13(14)24/h2-8H,9H2,1H3,(H,28,30). The maximum atomic E-state index is 13.8. The summed E-state index contributed by atoms with van der Waals surface area (Å²) in [5.74, 6) is -3.80. The Labute approximate surface area is 196 Å². The Morgan fingerprint density at radius 1 is 1.15 bits per heavy atom. The van der Waals surface area contributed by atoms with E-state index in [1.165, 1.54) is 18.3 Å². The largest absolute Gasteiger partial charge is 0.451 e. The minimum Gasteiger partial charge on any atom is -0.451 e. The lowest BCUT2D eigenvalue weighted by Crippen LogP contribution is -2.21. The molecular formula is C22H13F5N2O3S2. The second kappa shape index (κ2) is 9.11. The first kappa shape index (κ1) is 23.8. The molecule has 0 radical (unpaired) electrons. The fourth-order valence-electron chi connectivity index (χ4n) is 3.19. The van der Waals surface area contributed by atoms with Crippen LogP contribution in [0.4, 0.5) is 27.6 Å². The zero-order chi connectivity index (χ0) is 24.6. The number of benzene rings is 1. The number of aromatic nitrogens is 1. The van der Waals surface area contributed by atoms with Crippen LogP contribution in [-0.4, -0.2) is 23.5 Å². The Bertz CT molecular complexity index is 1400. The molecule has 0 unspecified atom stereocenters. The number of anilines is 1. The Balaban J connectivity index is 1.59. The average Bonchev–Trinajstić information content (AvgIpc) is 3.41. The molecule has 4 aromatic rings. The van der Waals surface area contributed by atoms with Crippen molar-refractivity contribution < 1.29 is 36.3 Å². The van der Waals surface area contributed by atoms with Crippen LogP contribution >= 0.6 is 22.7 Å². The van der Waals surface area contributed by atoms with E-state index in [0.29, 0.717) is 10.9 Å². The van der Waals surface area contributed by atoms with Crippen LogP contribution in [0.3, 0.4) is 0 Å². The predicted molar refractivity (Wildman–Crippen MR) is 118 cm³/mol. The Hall–Kier alpha value is -3.38. The molecule has 0 fully saturated rings. The molecule has 0 spiro atoms. The normalized spacial score (nSPS) is 11.6. The summed E-state index contributed by atoms with van der Waals surface area (Å²) in [4.78, 5) is 29.2. The summed E-state index contributed by atoms with van der Waals surface area (Å²) < 4.78 is 73.0. The van der Waals surface area contributed by atoms with Crippen molar-refractivity contribution in [3.05, 3.63) is 69.4 Å². The van der Waals surface area contributed by atoms with Crippen LogP contribution < -0.4 is 5.32 Å². The first-order chi connectivity index (χ1) is 16.0. The summed E-state index contributed by atoms with van der Waals surface area (Å²) in [5, 5.41) is 3.61. The lowest BCUT2D eigenvalue weighted by Gasteiger charge is -2.11. The molecule has 176 valence electrons. The number of aryl methyl sites for hydroxylation is 1. The first-order valence-electron chi connectivity index (χ1n) is 9.52. The zero-order valence-corrected chi connectivity index (χ0v) is 18.8. The molecule has 34 heavy (non-hydrogen) atoms. The molecule has 4 rings (SSSR count). The monoisotopic (exact) mass is 512 g/mol. The zero-order valence-electron chi connectivity index (χ0n) is 17.1. The molecule has 5 nitrogen and oxygen atoms in total. The number of nitrogens with one attached hydrogen (secondary N) is 1. The third kappa shape index (κ3) is 4.77. The highest BCUT2D eigenvalue weighted by Gasteiger charge is 2.36. The lowest BCUT2D eigenvalue weighted by molar-refractivity contribution is -0.136. The van der Waals surface area contributed by atoms with Gasteiger partial charge >= 0.3 is 12.1 Å². The number of hydrogen-bond acceptors (Lipinski definition) is 6. The number of nitrogens with zero attached hydrogens (tertiary/aromatic N) is 1. The van der Waals surface area contributed by atoms with Crippen molar-refractivity contribution in [1.29, 1.82) is 0 Å². The molecule has 0 bridgehead atoms. The number of carbonyl (C=O) groups is 2. The topological polar surface area (TPSA) is 68.3 Å². The van der Waals surface area contributed by atoms with E-state index in [2.05, 4.69) is 10.3 Å². The van der Waals surface area contributed by atoms with E-state index in [0.717, 1.165) is 29.5 Å². The van der Waals surface area contributed by atoms with Crippen LogP contribution in [0.25, 0.3) is 20.8 Å². The molecule has 0 saturated carbocycles. The number of amides is 1. The Morgan fingerprint density at radius 2 is 1.91 bits per heavy atom. The number of carbonyl (C=O) groups excluding carboxylic acids is 2. The van der Waals surface area contributed by atoms with Gasteiger partial charge in [0.2, 0.25) is 0 Å². The lowest BCUT2D eigenvalue weighted by atomic mass is 10.1. The molecule has 0 aliphatic rings. The molecule has 0 saturated heterocycles. The molecule has 0 aliphatic carbocycles.